The highest BCUT2D eigenvalue weighted by Gasteiger charge is 2.24. The zero-order valence-corrected chi connectivity index (χ0v) is 15.2. The van der Waals surface area contributed by atoms with Gasteiger partial charge in [-0.1, -0.05) is 30.3 Å². The van der Waals surface area contributed by atoms with E-state index in [0.29, 0.717) is 18.2 Å². The van der Waals surface area contributed by atoms with Gasteiger partial charge in [0.25, 0.3) is 11.5 Å². The van der Waals surface area contributed by atoms with E-state index < -0.39 is 0 Å². The molecule has 1 aliphatic heterocycles. The van der Waals surface area contributed by atoms with E-state index in [1.165, 1.54) is 18.2 Å². The molecule has 0 saturated carbocycles. The third kappa shape index (κ3) is 5.02. The summed E-state index contributed by atoms with van der Waals surface area (Å²) in [6.45, 7) is 3.49. The number of nitrogens with zero attached hydrogens (tertiary/aromatic N) is 3. The molecule has 1 aromatic carbocycles. The van der Waals surface area contributed by atoms with Gasteiger partial charge in [0, 0.05) is 25.8 Å². The summed E-state index contributed by atoms with van der Waals surface area (Å²) in [5.41, 5.74) is 1.20. The number of benzene rings is 1. The van der Waals surface area contributed by atoms with Crippen LogP contribution in [-0.4, -0.2) is 58.9 Å². The number of hydrogen-bond acceptors (Lipinski definition) is 4. The molecule has 2 aromatic rings. The first kappa shape index (κ1) is 18.3. The van der Waals surface area contributed by atoms with Gasteiger partial charge in [-0.25, -0.2) is 4.98 Å². The second kappa shape index (κ2) is 8.76. The van der Waals surface area contributed by atoms with Crippen molar-refractivity contribution in [1.29, 1.82) is 0 Å². The number of amides is 1. The lowest BCUT2D eigenvalue weighted by molar-refractivity contribution is 0.0687. The van der Waals surface area contributed by atoms with Crippen molar-refractivity contribution in [3.63, 3.8) is 0 Å². The third-order valence-corrected chi connectivity index (χ3v) is 4.89. The molecule has 0 bridgehead atoms. The molecule has 0 radical (unpaired) electrons. The molecule has 6 heteroatoms. The first-order chi connectivity index (χ1) is 12.6. The number of piperidine rings is 1. The monoisotopic (exact) mass is 354 g/mol. The fourth-order valence-electron chi connectivity index (χ4n) is 3.54. The molecule has 26 heavy (non-hydrogen) atoms. The van der Waals surface area contributed by atoms with E-state index >= 15 is 0 Å². The van der Waals surface area contributed by atoms with Crippen molar-refractivity contribution in [2.45, 2.75) is 19.3 Å². The van der Waals surface area contributed by atoms with Crippen LogP contribution in [0, 0.1) is 5.92 Å². The minimum Gasteiger partial charge on any atom is -0.337 e. The Morgan fingerprint density at radius 1 is 1.35 bits per heavy atom. The lowest BCUT2D eigenvalue weighted by atomic mass is 9.97. The van der Waals surface area contributed by atoms with Crippen LogP contribution in [0.15, 0.2) is 47.5 Å². The van der Waals surface area contributed by atoms with E-state index in [-0.39, 0.29) is 11.5 Å². The number of carbonyl (C=O) groups excluding carboxylic acids is 1. The van der Waals surface area contributed by atoms with E-state index in [2.05, 4.69) is 34.0 Å². The molecular formula is C20H26N4O2. The van der Waals surface area contributed by atoms with E-state index in [1.807, 2.05) is 23.1 Å². The van der Waals surface area contributed by atoms with Gasteiger partial charge in [0.15, 0.2) is 0 Å². The average Bonchev–Trinajstić information content (AvgIpc) is 2.66. The maximum atomic E-state index is 13.0. The smallest absolute Gasteiger partial charge is 0.273 e. The highest BCUT2D eigenvalue weighted by Crippen LogP contribution is 2.17. The second-order valence-corrected chi connectivity index (χ2v) is 7.05. The fraction of sp³-hybridized carbons (Fsp3) is 0.450. The van der Waals surface area contributed by atoms with Crippen molar-refractivity contribution in [1.82, 2.24) is 19.8 Å². The SMILES string of the molecule is CN1CCC[C@H](CN(CCc2ccccc2)C(=O)c2c[nH]c(=O)cn2)C1. The normalized spacial score (nSPS) is 17.8. The Morgan fingerprint density at radius 2 is 2.15 bits per heavy atom. The van der Waals surface area contributed by atoms with Gasteiger partial charge in [-0.3, -0.25) is 9.59 Å². The lowest BCUT2D eigenvalue weighted by Gasteiger charge is -2.33. The summed E-state index contributed by atoms with van der Waals surface area (Å²) >= 11 is 0. The van der Waals surface area contributed by atoms with E-state index in [4.69, 9.17) is 0 Å². The molecule has 0 spiro atoms. The van der Waals surface area contributed by atoms with Gasteiger partial charge in [-0.2, -0.15) is 0 Å². The zero-order chi connectivity index (χ0) is 18.4. The Morgan fingerprint density at radius 3 is 2.85 bits per heavy atom. The van der Waals surface area contributed by atoms with Crippen LogP contribution in [0.5, 0.6) is 0 Å². The topological polar surface area (TPSA) is 69.3 Å². The Labute approximate surface area is 153 Å². The molecule has 0 aliphatic carbocycles. The van der Waals surface area contributed by atoms with Gasteiger partial charge in [0.1, 0.15) is 5.69 Å². The van der Waals surface area contributed by atoms with Crippen molar-refractivity contribution in [2.75, 3.05) is 33.2 Å². The molecule has 1 amide bonds. The average molecular weight is 354 g/mol. The predicted octanol–water partition coefficient (Wildman–Crippen LogP) is 1.80. The number of hydrogen-bond donors (Lipinski definition) is 1. The van der Waals surface area contributed by atoms with Gasteiger partial charge in [-0.05, 0) is 44.3 Å². The number of aromatic nitrogens is 2. The van der Waals surface area contributed by atoms with Crippen molar-refractivity contribution in [3.8, 4) is 0 Å². The molecule has 1 atom stereocenters. The standard InChI is InChI=1S/C20H26N4O2/c1-23-10-5-8-17(14-23)15-24(11-9-16-6-3-2-4-7-16)20(26)18-12-22-19(25)13-21-18/h2-4,6-7,12-13,17H,5,8-11,14-15H2,1H3,(H,22,25)/t17-/m0/s1. The molecule has 3 rings (SSSR count). The largest absolute Gasteiger partial charge is 0.337 e. The molecule has 1 fully saturated rings. The Kier molecular flexibility index (Phi) is 6.17. The highest BCUT2D eigenvalue weighted by molar-refractivity contribution is 5.92. The molecule has 0 unspecified atom stereocenters. The summed E-state index contributed by atoms with van der Waals surface area (Å²) in [7, 11) is 2.13. The van der Waals surface area contributed by atoms with Gasteiger partial charge >= 0.3 is 0 Å². The summed E-state index contributed by atoms with van der Waals surface area (Å²) in [5.74, 6) is 0.349. The predicted molar refractivity (Wildman–Crippen MR) is 101 cm³/mol. The van der Waals surface area contributed by atoms with Gasteiger partial charge in [-0.15, -0.1) is 0 Å². The van der Waals surface area contributed by atoms with Crippen LogP contribution >= 0.6 is 0 Å². The minimum atomic E-state index is -0.300. The quantitative estimate of drug-likeness (QED) is 0.859. The van der Waals surface area contributed by atoms with Crippen LogP contribution in [0.4, 0.5) is 0 Å². The maximum absolute atomic E-state index is 13.0. The number of carbonyl (C=O) groups is 1. The molecular weight excluding hydrogens is 328 g/mol. The number of likely N-dealkylation sites (tertiary alicyclic amines) is 1. The van der Waals surface area contributed by atoms with E-state index in [9.17, 15) is 9.59 Å². The molecule has 138 valence electrons. The highest BCUT2D eigenvalue weighted by atomic mass is 16.2. The van der Waals surface area contributed by atoms with E-state index in [0.717, 1.165) is 38.7 Å². The number of nitrogens with one attached hydrogen (secondary N) is 1. The van der Waals surface area contributed by atoms with Crippen molar-refractivity contribution in [2.24, 2.45) is 5.92 Å². The summed E-state index contributed by atoms with van der Waals surface area (Å²) < 4.78 is 0. The lowest BCUT2D eigenvalue weighted by Crippen LogP contribution is -2.42. The summed E-state index contributed by atoms with van der Waals surface area (Å²) in [5, 5.41) is 0. The third-order valence-electron chi connectivity index (χ3n) is 4.89. The first-order valence-corrected chi connectivity index (χ1v) is 9.18. The molecule has 1 aliphatic rings. The van der Waals surface area contributed by atoms with Crippen LogP contribution in [0.2, 0.25) is 0 Å². The Bertz CT molecular complexity index is 754. The molecule has 2 heterocycles. The van der Waals surface area contributed by atoms with Crippen LogP contribution in [-0.2, 0) is 6.42 Å². The zero-order valence-electron chi connectivity index (χ0n) is 15.2. The minimum absolute atomic E-state index is 0.120. The summed E-state index contributed by atoms with van der Waals surface area (Å²) in [6.07, 6.45) is 5.68. The van der Waals surface area contributed by atoms with Gasteiger partial charge in [0.05, 0.1) is 6.20 Å². The number of aromatic amines is 1. The van der Waals surface area contributed by atoms with Crippen LogP contribution in [0.1, 0.15) is 28.9 Å². The van der Waals surface area contributed by atoms with Gasteiger partial charge in [0.2, 0.25) is 0 Å². The van der Waals surface area contributed by atoms with Crippen molar-refractivity contribution >= 4 is 5.91 Å². The van der Waals surface area contributed by atoms with Crippen LogP contribution in [0.25, 0.3) is 0 Å². The fourth-order valence-corrected chi connectivity index (χ4v) is 3.54. The molecule has 1 aromatic heterocycles. The second-order valence-electron chi connectivity index (χ2n) is 7.05. The van der Waals surface area contributed by atoms with Crippen LogP contribution in [0.3, 0.4) is 0 Å². The maximum Gasteiger partial charge on any atom is 0.273 e. The van der Waals surface area contributed by atoms with Crippen molar-refractivity contribution < 1.29 is 4.79 Å². The molecule has 6 nitrogen and oxygen atoms in total. The first-order valence-electron chi connectivity index (χ1n) is 9.18. The number of H-pyrrole nitrogens is 1. The summed E-state index contributed by atoms with van der Waals surface area (Å²) in [4.78, 5) is 35.0. The Hall–Kier alpha value is -2.47. The van der Waals surface area contributed by atoms with Gasteiger partial charge < -0.3 is 14.8 Å². The van der Waals surface area contributed by atoms with E-state index in [1.54, 1.807) is 0 Å². The Balaban J connectivity index is 1.72. The van der Waals surface area contributed by atoms with Crippen molar-refractivity contribution in [3.05, 3.63) is 64.3 Å². The van der Waals surface area contributed by atoms with Crippen LogP contribution < -0.4 is 5.56 Å². The molecule has 1 saturated heterocycles. The molecule has 1 N–H and O–H groups in total. The number of rotatable bonds is 6. The summed E-state index contributed by atoms with van der Waals surface area (Å²) in [6, 6.07) is 10.2.